The van der Waals surface area contributed by atoms with Gasteiger partial charge in [0.25, 0.3) is 0 Å². The van der Waals surface area contributed by atoms with Gasteiger partial charge >= 0.3 is 0 Å². The minimum atomic E-state index is -0.417. The van der Waals surface area contributed by atoms with Gasteiger partial charge in [0.05, 0.1) is 0 Å². The van der Waals surface area contributed by atoms with Gasteiger partial charge in [0.2, 0.25) is 0 Å². The smallest absolute Gasteiger partial charge is 0.164 e. The summed E-state index contributed by atoms with van der Waals surface area (Å²) in [4.78, 5) is 45.9. The monoisotopic (exact) mass is 829 g/mol. The van der Waals surface area contributed by atoms with Gasteiger partial charge in [-0.3, -0.25) is 19.2 Å². The Morgan fingerprint density at radius 1 is 0.264 bits per heavy atom. The first-order valence-corrected chi connectivity index (χ1v) is 18.0. The van der Waals surface area contributed by atoms with Crippen LogP contribution in [-0.2, 0) is 41.6 Å². The molecule has 0 aromatic rings. The molecule has 0 rings (SSSR count). The zero-order valence-electron chi connectivity index (χ0n) is 38.2. The zero-order chi connectivity index (χ0) is 43.4. The van der Waals surface area contributed by atoms with E-state index < -0.39 is 21.7 Å². The Morgan fingerprint density at radius 2 is 0.358 bits per heavy atom. The molecule has 9 heteroatoms. The fourth-order valence-corrected chi connectivity index (χ4v) is 2.23. The zero-order valence-corrected chi connectivity index (χ0v) is 40.4. The summed E-state index contributed by atoms with van der Waals surface area (Å²) in [5.41, 5.74) is -3.06. The molecule has 0 saturated heterocycles. The van der Waals surface area contributed by atoms with Crippen LogP contribution >= 0.6 is 0 Å². The Labute approximate surface area is 340 Å². The van der Waals surface area contributed by atoms with Crippen LogP contribution in [0.3, 0.4) is 0 Å². The van der Waals surface area contributed by atoms with Crippen molar-refractivity contribution in [1.29, 1.82) is 0 Å². The predicted octanol–water partition coefficient (Wildman–Crippen LogP) is 12.4. The van der Waals surface area contributed by atoms with Crippen molar-refractivity contribution in [2.45, 2.75) is 166 Å². The molecular weight excluding hydrogens is 749 g/mol. The van der Waals surface area contributed by atoms with Crippen molar-refractivity contribution >= 4 is 23.1 Å². The molecule has 0 spiro atoms. The van der Waals surface area contributed by atoms with E-state index in [1.807, 2.05) is 166 Å². The fourth-order valence-electron chi connectivity index (χ4n) is 2.23. The van der Waals surface area contributed by atoms with Crippen molar-refractivity contribution in [2.75, 3.05) is 0 Å². The average molecular weight is 830 g/mol. The van der Waals surface area contributed by atoms with Gasteiger partial charge in [0.15, 0.2) is 23.1 Å². The number of ketones is 4. The van der Waals surface area contributed by atoms with Crippen molar-refractivity contribution in [1.82, 2.24) is 0 Å². The minimum absolute atomic E-state index is 0. The van der Waals surface area contributed by atoms with E-state index in [1.54, 1.807) is 0 Å². The third-order valence-electron chi connectivity index (χ3n) is 7.10. The second-order valence-corrected chi connectivity index (χ2v) is 21.6. The molecule has 0 saturated carbocycles. The molecule has 53 heavy (non-hydrogen) atoms. The quantitative estimate of drug-likeness (QED) is 0.124. The van der Waals surface area contributed by atoms with E-state index in [0.717, 1.165) is 0 Å². The first-order valence-electron chi connectivity index (χ1n) is 18.0. The Bertz CT molecular complexity index is 1110. The Morgan fingerprint density at radius 3 is 0.415 bits per heavy atom. The molecule has 0 heterocycles. The molecule has 0 aliphatic heterocycles. The van der Waals surface area contributed by atoms with E-state index in [1.165, 1.54) is 24.3 Å². The van der Waals surface area contributed by atoms with Crippen LogP contribution in [0.1, 0.15) is 166 Å². The van der Waals surface area contributed by atoms with Gasteiger partial charge < -0.3 is 20.4 Å². The van der Waals surface area contributed by atoms with E-state index in [0.29, 0.717) is 0 Å². The summed E-state index contributed by atoms with van der Waals surface area (Å²) in [7, 11) is 0. The summed E-state index contributed by atoms with van der Waals surface area (Å²) in [5, 5.41) is 38.2. The second kappa shape index (κ2) is 21.6. The molecule has 0 aliphatic carbocycles. The number of allylic oxidation sites excluding steroid dienone is 8. The Balaban J connectivity index is -0.000000192. The molecule has 4 N–H and O–H groups in total. The third-order valence-corrected chi connectivity index (χ3v) is 7.10. The number of rotatable bonds is 4. The average Bonchev–Trinajstić information content (AvgIpc) is 2.85. The maximum atomic E-state index is 11.5. The van der Waals surface area contributed by atoms with E-state index in [9.17, 15) is 39.6 Å². The van der Waals surface area contributed by atoms with Crippen molar-refractivity contribution in [2.24, 2.45) is 43.3 Å². The molecule has 0 unspecified atom stereocenters. The van der Waals surface area contributed by atoms with Crippen molar-refractivity contribution in [3.63, 3.8) is 0 Å². The van der Waals surface area contributed by atoms with E-state index in [2.05, 4.69) is 0 Å². The van der Waals surface area contributed by atoms with Gasteiger partial charge in [-0.15, -0.1) is 0 Å². The van der Waals surface area contributed by atoms with Gasteiger partial charge in [-0.1, -0.05) is 166 Å². The molecule has 309 valence electrons. The molecule has 8 nitrogen and oxygen atoms in total. The second-order valence-electron chi connectivity index (χ2n) is 21.6. The first-order chi connectivity index (χ1) is 22.2. The summed E-state index contributed by atoms with van der Waals surface area (Å²) in [5.74, 6) is 0.416. The number of hydrogen-bond donors (Lipinski definition) is 4. The summed E-state index contributed by atoms with van der Waals surface area (Å²) < 4.78 is 0. The van der Waals surface area contributed by atoms with E-state index in [4.69, 9.17) is 0 Å². The van der Waals surface area contributed by atoms with Crippen molar-refractivity contribution in [3.05, 3.63) is 47.3 Å². The van der Waals surface area contributed by atoms with Crippen LogP contribution in [0.4, 0.5) is 0 Å². The van der Waals surface area contributed by atoms with Gasteiger partial charge in [0, 0.05) is 90.0 Å². The van der Waals surface area contributed by atoms with E-state index >= 15 is 0 Å². The molecule has 1 radical (unpaired) electrons. The van der Waals surface area contributed by atoms with Crippen LogP contribution < -0.4 is 0 Å². The molecule has 0 fully saturated rings. The minimum Gasteiger partial charge on any atom is -0.512 e. The third kappa shape index (κ3) is 29.6. The normalized spacial score (nSPS) is 14.2. The summed E-state index contributed by atoms with van der Waals surface area (Å²) >= 11 is 0. The molecule has 0 aromatic heterocycles. The van der Waals surface area contributed by atoms with Gasteiger partial charge in [-0.2, -0.15) is 0 Å². The molecular formula is C44H80NbO8. The predicted molar refractivity (Wildman–Crippen MR) is 219 cm³/mol. The summed E-state index contributed by atoms with van der Waals surface area (Å²) in [6.45, 7) is 44.5. The van der Waals surface area contributed by atoms with Gasteiger partial charge in [-0.25, -0.2) is 0 Å². The van der Waals surface area contributed by atoms with Crippen LogP contribution in [0.5, 0.6) is 0 Å². The largest absolute Gasteiger partial charge is 0.512 e. The maximum absolute atomic E-state index is 11.5. The molecule has 0 amide bonds. The Hall–Kier alpha value is -2.42. The van der Waals surface area contributed by atoms with Crippen LogP contribution in [0.25, 0.3) is 0 Å². The fraction of sp³-hybridized carbons (Fsp3) is 0.727. The molecule has 0 atom stereocenters. The van der Waals surface area contributed by atoms with Crippen LogP contribution in [0.2, 0.25) is 0 Å². The summed E-state index contributed by atoms with van der Waals surface area (Å²) in [6, 6.07) is 0. The number of aliphatic hydroxyl groups excluding tert-OH is 4. The number of aliphatic hydroxyl groups is 4. The van der Waals surface area contributed by atoms with Gasteiger partial charge in [-0.05, 0) is 0 Å². The van der Waals surface area contributed by atoms with Gasteiger partial charge in [0.1, 0.15) is 23.0 Å². The SMILES string of the molecule is CC(C)(C)C(=O)/C=C(/O)C(C)(C)C.CC(C)(C)C(=O)/C=C(/O)C(C)(C)C.CC(C)(C)C(=O)/C=C(/O)C(C)(C)C.CC(C)(C)C(=O)/C=C(/O)C(C)(C)C.[Nb]. The van der Waals surface area contributed by atoms with E-state index in [-0.39, 0.29) is 90.2 Å². The standard InChI is InChI=1S/4C11H20O2.Nb/c4*1-10(2,3)8(12)7-9(13)11(4,5)6;/h4*7,12H,1-6H3;/b4*8-7+;. The molecule has 0 aromatic carbocycles. The molecule has 0 bridgehead atoms. The number of carbonyl (C=O) groups is 4. The van der Waals surface area contributed by atoms with Crippen LogP contribution in [0.15, 0.2) is 47.3 Å². The number of carbonyl (C=O) groups excluding carboxylic acids is 4. The Kier molecular flexibility index (Phi) is 24.4. The maximum Gasteiger partial charge on any atom is 0.164 e. The molecule has 0 aliphatic rings. The topological polar surface area (TPSA) is 149 Å². The first kappa shape index (κ1) is 59.8. The van der Waals surface area contributed by atoms with Crippen molar-refractivity contribution < 1.29 is 62.0 Å². The summed E-state index contributed by atoms with van der Waals surface area (Å²) in [6.07, 6.45) is 5.33. The van der Waals surface area contributed by atoms with Crippen LogP contribution in [0, 0.1) is 43.3 Å². The van der Waals surface area contributed by atoms with Crippen molar-refractivity contribution in [3.8, 4) is 0 Å². The van der Waals surface area contributed by atoms with Crippen LogP contribution in [-0.4, -0.2) is 43.6 Å². The number of hydrogen-bond acceptors (Lipinski definition) is 8.